The van der Waals surface area contributed by atoms with Crippen molar-refractivity contribution in [1.29, 1.82) is 0 Å². The molecule has 0 aliphatic carbocycles. The second-order valence-corrected chi connectivity index (χ2v) is 5.34. The number of aryl methyl sites for hydroxylation is 1. The van der Waals surface area contributed by atoms with Gasteiger partial charge in [-0.2, -0.15) is 0 Å². The zero-order chi connectivity index (χ0) is 16.3. The molecule has 23 heavy (non-hydrogen) atoms. The first-order valence-electron chi connectivity index (χ1n) is 7.92. The van der Waals surface area contributed by atoms with Crippen LogP contribution >= 0.6 is 0 Å². The van der Waals surface area contributed by atoms with Crippen molar-refractivity contribution in [1.82, 2.24) is 5.32 Å². The monoisotopic (exact) mass is 309 g/mol. The molecule has 0 radical (unpaired) electrons. The summed E-state index contributed by atoms with van der Waals surface area (Å²) in [7, 11) is 1.64. The zero-order valence-electron chi connectivity index (χ0n) is 13.5. The van der Waals surface area contributed by atoms with E-state index in [4.69, 9.17) is 4.74 Å². The number of ether oxygens (including phenoxy) is 1. The van der Waals surface area contributed by atoms with Crippen LogP contribution in [0.2, 0.25) is 0 Å². The fourth-order valence-electron chi connectivity index (χ4n) is 2.26. The van der Waals surface area contributed by atoms with Gasteiger partial charge in [-0.05, 0) is 48.6 Å². The molecule has 0 saturated carbocycles. The predicted molar refractivity (Wildman–Crippen MR) is 94.4 cm³/mol. The number of nitrogens with one attached hydrogen (secondary N) is 1. The number of hydrogen-bond donors (Lipinski definition) is 1. The van der Waals surface area contributed by atoms with Crippen molar-refractivity contribution < 1.29 is 9.53 Å². The molecule has 3 nitrogen and oxygen atoms in total. The van der Waals surface area contributed by atoms with Crippen LogP contribution in [0.25, 0.3) is 6.08 Å². The molecule has 2 aromatic rings. The summed E-state index contributed by atoms with van der Waals surface area (Å²) in [4.78, 5) is 11.8. The Balaban J connectivity index is 1.63. The summed E-state index contributed by atoms with van der Waals surface area (Å²) in [5.41, 5.74) is 2.32. The molecule has 0 aliphatic heterocycles. The first-order valence-corrected chi connectivity index (χ1v) is 7.92. The van der Waals surface area contributed by atoms with E-state index in [9.17, 15) is 4.79 Å². The van der Waals surface area contributed by atoms with Gasteiger partial charge >= 0.3 is 0 Å². The Labute approximate surface area is 138 Å². The number of hydrogen-bond acceptors (Lipinski definition) is 2. The summed E-state index contributed by atoms with van der Waals surface area (Å²) in [6.07, 6.45) is 6.49. The predicted octanol–water partition coefficient (Wildman–Crippen LogP) is 3.85. The minimum absolute atomic E-state index is 0.0551. The van der Waals surface area contributed by atoms with Gasteiger partial charge in [-0.1, -0.05) is 42.5 Å². The Morgan fingerprint density at radius 2 is 1.78 bits per heavy atom. The first kappa shape index (κ1) is 16.8. The molecule has 0 unspecified atom stereocenters. The van der Waals surface area contributed by atoms with E-state index in [0.29, 0.717) is 6.54 Å². The molecule has 0 bridgehead atoms. The fourth-order valence-corrected chi connectivity index (χ4v) is 2.26. The highest BCUT2D eigenvalue weighted by Gasteiger charge is 1.97. The van der Waals surface area contributed by atoms with Crippen LogP contribution in [0.15, 0.2) is 60.7 Å². The van der Waals surface area contributed by atoms with Gasteiger partial charge in [0.15, 0.2) is 0 Å². The number of methoxy groups -OCH3 is 1. The minimum Gasteiger partial charge on any atom is -0.497 e. The summed E-state index contributed by atoms with van der Waals surface area (Å²) in [5.74, 6) is 0.755. The topological polar surface area (TPSA) is 38.3 Å². The third-order valence-electron chi connectivity index (χ3n) is 3.58. The number of benzene rings is 2. The van der Waals surface area contributed by atoms with E-state index in [1.165, 1.54) is 5.56 Å². The molecule has 2 rings (SSSR count). The van der Waals surface area contributed by atoms with Gasteiger partial charge in [0.2, 0.25) is 5.91 Å². The van der Waals surface area contributed by atoms with Crippen molar-refractivity contribution >= 4 is 12.0 Å². The van der Waals surface area contributed by atoms with Gasteiger partial charge in [0.25, 0.3) is 0 Å². The standard InChI is InChI=1S/C20H23NO2/c1-23-19-13-10-18(11-14-19)12-15-20(22)21-16-6-5-9-17-7-3-2-4-8-17/h2-4,7-8,10-15H,5-6,9,16H2,1H3,(H,21,22). The molecule has 0 aromatic heterocycles. The van der Waals surface area contributed by atoms with Crippen molar-refractivity contribution in [3.05, 3.63) is 71.8 Å². The minimum atomic E-state index is -0.0551. The second-order valence-electron chi connectivity index (χ2n) is 5.34. The molecular formula is C20H23NO2. The maximum Gasteiger partial charge on any atom is 0.243 e. The fraction of sp³-hybridized carbons (Fsp3) is 0.250. The highest BCUT2D eigenvalue weighted by molar-refractivity contribution is 5.91. The summed E-state index contributed by atoms with van der Waals surface area (Å²) in [5, 5.41) is 2.91. The maximum atomic E-state index is 11.8. The highest BCUT2D eigenvalue weighted by atomic mass is 16.5. The maximum absolute atomic E-state index is 11.8. The van der Waals surface area contributed by atoms with Gasteiger partial charge in [-0.25, -0.2) is 0 Å². The molecule has 1 amide bonds. The van der Waals surface area contributed by atoms with E-state index < -0.39 is 0 Å². The van der Waals surface area contributed by atoms with Crippen LogP contribution in [0.3, 0.4) is 0 Å². The van der Waals surface area contributed by atoms with E-state index in [2.05, 4.69) is 29.6 Å². The lowest BCUT2D eigenvalue weighted by atomic mass is 10.1. The van der Waals surface area contributed by atoms with Gasteiger partial charge in [0.1, 0.15) is 5.75 Å². The lowest BCUT2D eigenvalue weighted by Crippen LogP contribution is -2.22. The van der Waals surface area contributed by atoms with Gasteiger partial charge in [0, 0.05) is 12.6 Å². The average molecular weight is 309 g/mol. The van der Waals surface area contributed by atoms with Crippen LogP contribution < -0.4 is 10.1 Å². The molecule has 0 atom stereocenters. The molecule has 120 valence electrons. The summed E-state index contributed by atoms with van der Waals surface area (Å²) < 4.78 is 5.10. The van der Waals surface area contributed by atoms with E-state index in [-0.39, 0.29) is 5.91 Å². The number of carbonyl (C=O) groups is 1. The molecule has 1 N–H and O–H groups in total. The second kappa shape index (κ2) is 9.46. The SMILES string of the molecule is COc1ccc(C=CC(=O)NCCCCc2ccccc2)cc1. The third kappa shape index (κ3) is 6.39. The van der Waals surface area contributed by atoms with Crippen molar-refractivity contribution in [2.24, 2.45) is 0 Å². The molecule has 0 fully saturated rings. The Kier molecular flexibility index (Phi) is 6.92. The van der Waals surface area contributed by atoms with Gasteiger partial charge in [0.05, 0.1) is 7.11 Å². The van der Waals surface area contributed by atoms with Crippen molar-refractivity contribution in [3.63, 3.8) is 0 Å². The summed E-state index contributed by atoms with van der Waals surface area (Å²) >= 11 is 0. The summed E-state index contributed by atoms with van der Waals surface area (Å²) in [6.45, 7) is 0.707. The molecule has 2 aromatic carbocycles. The smallest absolute Gasteiger partial charge is 0.243 e. The van der Waals surface area contributed by atoms with Crippen LogP contribution in [0.4, 0.5) is 0 Å². The van der Waals surface area contributed by atoms with Crippen LogP contribution in [0.1, 0.15) is 24.0 Å². The van der Waals surface area contributed by atoms with Crippen molar-refractivity contribution in [2.75, 3.05) is 13.7 Å². The number of unbranched alkanes of at least 4 members (excludes halogenated alkanes) is 1. The van der Waals surface area contributed by atoms with Crippen LogP contribution in [-0.4, -0.2) is 19.6 Å². The summed E-state index contributed by atoms with van der Waals surface area (Å²) in [6, 6.07) is 18.0. The Morgan fingerprint density at radius 1 is 1.04 bits per heavy atom. The van der Waals surface area contributed by atoms with Gasteiger partial charge in [-0.3, -0.25) is 4.79 Å². The van der Waals surface area contributed by atoms with Gasteiger partial charge < -0.3 is 10.1 Å². The normalized spacial score (nSPS) is 10.7. The molecule has 0 spiro atoms. The highest BCUT2D eigenvalue weighted by Crippen LogP contribution is 2.12. The molecular weight excluding hydrogens is 286 g/mol. The Morgan fingerprint density at radius 3 is 2.48 bits per heavy atom. The van der Waals surface area contributed by atoms with E-state index >= 15 is 0 Å². The van der Waals surface area contributed by atoms with Gasteiger partial charge in [-0.15, -0.1) is 0 Å². The molecule has 0 heterocycles. The largest absolute Gasteiger partial charge is 0.497 e. The van der Waals surface area contributed by atoms with E-state index in [0.717, 1.165) is 30.6 Å². The molecule has 0 saturated heterocycles. The lowest BCUT2D eigenvalue weighted by Gasteiger charge is -2.03. The zero-order valence-corrected chi connectivity index (χ0v) is 13.5. The molecule has 3 heteroatoms. The number of carbonyl (C=O) groups excluding carboxylic acids is 1. The first-order chi connectivity index (χ1) is 11.3. The van der Waals surface area contributed by atoms with Crippen LogP contribution in [-0.2, 0) is 11.2 Å². The van der Waals surface area contributed by atoms with Crippen LogP contribution in [0, 0.1) is 0 Å². The third-order valence-corrected chi connectivity index (χ3v) is 3.58. The number of amides is 1. The quantitative estimate of drug-likeness (QED) is 0.594. The number of rotatable bonds is 8. The molecule has 0 aliphatic rings. The van der Waals surface area contributed by atoms with E-state index in [1.807, 2.05) is 30.3 Å². The van der Waals surface area contributed by atoms with Crippen molar-refractivity contribution in [3.8, 4) is 5.75 Å². The van der Waals surface area contributed by atoms with Crippen LogP contribution in [0.5, 0.6) is 5.75 Å². The Bertz CT molecular complexity index is 618. The lowest BCUT2D eigenvalue weighted by molar-refractivity contribution is -0.116. The van der Waals surface area contributed by atoms with E-state index in [1.54, 1.807) is 19.3 Å². The Hall–Kier alpha value is -2.55. The average Bonchev–Trinajstić information content (AvgIpc) is 2.61. The van der Waals surface area contributed by atoms with Crippen molar-refractivity contribution in [2.45, 2.75) is 19.3 Å².